The highest BCUT2D eigenvalue weighted by Crippen LogP contribution is 2.26. The smallest absolute Gasteiger partial charge is 0.325 e. The van der Waals surface area contributed by atoms with Crippen LogP contribution in [-0.2, 0) is 11.2 Å². The Morgan fingerprint density at radius 1 is 1.35 bits per heavy atom. The molecule has 1 aromatic carbocycles. The summed E-state index contributed by atoms with van der Waals surface area (Å²) in [7, 11) is 3.43. The fraction of sp³-hybridized carbons (Fsp3) is 0.333. The van der Waals surface area contributed by atoms with Crippen molar-refractivity contribution >= 4 is 5.97 Å². The fourth-order valence-corrected chi connectivity index (χ4v) is 2.62. The van der Waals surface area contributed by atoms with Gasteiger partial charge in [0.05, 0.1) is 7.11 Å². The van der Waals surface area contributed by atoms with Gasteiger partial charge in [-0.25, -0.2) is 0 Å². The summed E-state index contributed by atoms with van der Waals surface area (Å²) in [6.07, 6.45) is 2.45. The summed E-state index contributed by atoms with van der Waals surface area (Å²) < 4.78 is 5.24. The van der Waals surface area contributed by atoms with Crippen LogP contribution in [0.2, 0.25) is 0 Å². The predicted molar refractivity (Wildman–Crippen MR) is 88.7 cm³/mol. The van der Waals surface area contributed by atoms with Crippen LogP contribution >= 0.6 is 0 Å². The molecule has 0 amide bonds. The number of carboxylic acids is 1. The number of methoxy groups -OCH3 is 1. The van der Waals surface area contributed by atoms with Crippen molar-refractivity contribution in [2.75, 3.05) is 20.7 Å². The zero-order chi connectivity index (χ0) is 16.8. The molecule has 122 valence electrons. The van der Waals surface area contributed by atoms with Crippen LogP contribution in [0.15, 0.2) is 42.6 Å². The molecule has 23 heavy (non-hydrogen) atoms. The average molecular weight is 314 g/mol. The average Bonchev–Trinajstić information content (AvgIpc) is 2.54. The van der Waals surface area contributed by atoms with Crippen molar-refractivity contribution in [3.63, 3.8) is 0 Å². The molecule has 0 saturated heterocycles. The number of hydrogen-bond donors (Lipinski definition) is 1. The fourth-order valence-electron chi connectivity index (χ4n) is 2.62. The van der Waals surface area contributed by atoms with Gasteiger partial charge in [0, 0.05) is 24.9 Å². The van der Waals surface area contributed by atoms with Crippen LogP contribution in [0, 0.1) is 6.92 Å². The second-order valence-electron chi connectivity index (χ2n) is 5.52. The molecular formula is C18H22N2O3. The number of aromatic nitrogens is 1. The summed E-state index contributed by atoms with van der Waals surface area (Å²) in [6, 6.07) is 10.5. The molecule has 0 radical (unpaired) electrons. The molecule has 0 aliphatic heterocycles. The number of likely N-dealkylation sites (N-methyl/N-ethyl adjacent to an activating group) is 1. The molecule has 0 unspecified atom stereocenters. The molecule has 5 heteroatoms. The number of pyridine rings is 1. The van der Waals surface area contributed by atoms with E-state index in [4.69, 9.17) is 4.74 Å². The summed E-state index contributed by atoms with van der Waals surface area (Å²) >= 11 is 0. The van der Waals surface area contributed by atoms with Gasteiger partial charge in [0.15, 0.2) is 0 Å². The van der Waals surface area contributed by atoms with Gasteiger partial charge in [0.1, 0.15) is 11.8 Å². The maximum Gasteiger partial charge on any atom is 0.325 e. The monoisotopic (exact) mass is 314 g/mol. The Hall–Kier alpha value is -2.40. The van der Waals surface area contributed by atoms with Crippen molar-refractivity contribution in [1.29, 1.82) is 0 Å². The molecule has 1 N–H and O–H groups in total. The van der Waals surface area contributed by atoms with E-state index in [1.54, 1.807) is 13.3 Å². The first-order valence-corrected chi connectivity index (χ1v) is 7.50. The second kappa shape index (κ2) is 7.74. The van der Waals surface area contributed by atoms with Crippen molar-refractivity contribution in [1.82, 2.24) is 9.88 Å². The van der Waals surface area contributed by atoms with Crippen LogP contribution in [0.5, 0.6) is 5.75 Å². The van der Waals surface area contributed by atoms with E-state index >= 15 is 0 Å². The molecule has 0 aliphatic rings. The molecule has 2 aromatic rings. The Balaban J connectivity index is 2.14. The van der Waals surface area contributed by atoms with Crippen molar-refractivity contribution < 1.29 is 14.6 Å². The van der Waals surface area contributed by atoms with Gasteiger partial charge in [-0.3, -0.25) is 14.7 Å². The lowest BCUT2D eigenvalue weighted by Gasteiger charge is -2.25. The van der Waals surface area contributed by atoms with Crippen molar-refractivity contribution in [2.24, 2.45) is 0 Å². The van der Waals surface area contributed by atoms with Gasteiger partial charge in [-0.05, 0) is 43.3 Å². The summed E-state index contributed by atoms with van der Waals surface area (Å²) in [5.74, 6) is -0.105. The Kier molecular flexibility index (Phi) is 5.71. The number of benzene rings is 1. The number of ether oxygens (including phenoxy) is 1. The first-order chi connectivity index (χ1) is 11.0. The van der Waals surface area contributed by atoms with E-state index in [1.807, 2.05) is 55.3 Å². The minimum Gasteiger partial charge on any atom is -0.496 e. The van der Waals surface area contributed by atoms with Crippen molar-refractivity contribution in [3.8, 4) is 5.75 Å². The maximum atomic E-state index is 11.7. The summed E-state index contributed by atoms with van der Waals surface area (Å²) in [4.78, 5) is 17.8. The summed E-state index contributed by atoms with van der Waals surface area (Å²) in [5.41, 5.74) is 2.63. The van der Waals surface area contributed by atoms with Crippen LogP contribution in [0.3, 0.4) is 0 Å². The number of carboxylic acid groups (broad SMARTS) is 1. The van der Waals surface area contributed by atoms with E-state index < -0.39 is 12.0 Å². The first kappa shape index (κ1) is 17.0. The van der Waals surface area contributed by atoms with Gasteiger partial charge in [-0.1, -0.05) is 18.2 Å². The molecule has 0 aliphatic carbocycles. The number of rotatable bonds is 7. The maximum absolute atomic E-state index is 11.7. The number of aliphatic carboxylic acids is 1. The second-order valence-corrected chi connectivity index (χ2v) is 5.52. The van der Waals surface area contributed by atoms with E-state index in [0.717, 1.165) is 22.6 Å². The largest absolute Gasteiger partial charge is 0.496 e. The van der Waals surface area contributed by atoms with Gasteiger partial charge >= 0.3 is 5.97 Å². The topological polar surface area (TPSA) is 62.7 Å². The Morgan fingerprint density at radius 3 is 2.70 bits per heavy atom. The molecule has 0 fully saturated rings. The number of aryl methyl sites for hydroxylation is 1. The molecule has 1 atom stereocenters. The van der Waals surface area contributed by atoms with E-state index in [0.29, 0.717) is 13.0 Å². The van der Waals surface area contributed by atoms with Crippen molar-refractivity contribution in [3.05, 3.63) is 59.4 Å². The summed E-state index contributed by atoms with van der Waals surface area (Å²) in [5, 5.41) is 9.62. The zero-order valence-corrected chi connectivity index (χ0v) is 13.7. The van der Waals surface area contributed by atoms with Crippen LogP contribution in [0.1, 0.15) is 22.9 Å². The zero-order valence-electron chi connectivity index (χ0n) is 13.7. The van der Waals surface area contributed by atoms with Gasteiger partial charge in [-0.15, -0.1) is 0 Å². The third-order valence-corrected chi connectivity index (χ3v) is 3.86. The third-order valence-electron chi connectivity index (χ3n) is 3.86. The van der Waals surface area contributed by atoms with E-state index in [1.165, 1.54) is 0 Å². The van der Waals surface area contributed by atoms with Crippen LogP contribution in [0.4, 0.5) is 0 Å². The Labute approximate surface area is 136 Å². The molecule has 0 saturated carbocycles. The molecule has 2 rings (SSSR count). The number of carbonyl (C=O) groups is 1. The van der Waals surface area contributed by atoms with Gasteiger partial charge < -0.3 is 9.84 Å². The third kappa shape index (κ3) is 4.29. The molecule has 1 aromatic heterocycles. The first-order valence-electron chi connectivity index (χ1n) is 7.50. The molecule has 1 heterocycles. The lowest BCUT2D eigenvalue weighted by Crippen LogP contribution is -2.32. The van der Waals surface area contributed by atoms with E-state index in [2.05, 4.69) is 4.98 Å². The standard InChI is InChI=1S/C18H22N2O3/c1-13-12-14(7-8-16(13)23-3)17(18(21)22)20(2)11-9-15-6-4-5-10-19-15/h4-8,10,12,17H,9,11H2,1-3H3,(H,21,22)/t17-/m1/s1. The van der Waals surface area contributed by atoms with E-state index in [9.17, 15) is 9.90 Å². The number of hydrogen-bond acceptors (Lipinski definition) is 4. The molecule has 5 nitrogen and oxygen atoms in total. The van der Waals surface area contributed by atoms with Crippen LogP contribution in [-0.4, -0.2) is 41.7 Å². The highest BCUT2D eigenvalue weighted by atomic mass is 16.5. The molecular weight excluding hydrogens is 292 g/mol. The van der Waals surface area contributed by atoms with Gasteiger partial charge in [0.2, 0.25) is 0 Å². The minimum absolute atomic E-state index is 0.610. The van der Waals surface area contributed by atoms with Crippen molar-refractivity contribution in [2.45, 2.75) is 19.4 Å². The molecule has 0 bridgehead atoms. The normalized spacial score (nSPS) is 12.2. The lowest BCUT2D eigenvalue weighted by molar-refractivity contribution is -0.143. The predicted octanol–water partition coefficient (Wildman–Crippen LogP) is 2.70. The quantitative estimate of drug-likeness (QED) is 0.851. The minimum atomic E-state index is -0.863. The van der Waals surface area contributed by atoms with Crippen LogP contribution in [0.25, 0.3) is 0 Å². The SMILES string of the molecule is COc1ccc([C@H](C(=O)O)N(C)CCc2ccccn2)cc1C. The Morgan fingerprint density at radius 2 is 2.13 bits per heavy atom. The van der Waals surface area contributed by atoms with E-state index in [-0.39, 0.29) is 0 Å². The summed E-state index contributed by atoms with van der Waals surface area (Å²) in [6.45, 7) is 2.52. The van der Waals surface area contributed by atoms with Gasteiger partial charge in [-0.2, -0.15) is 0 Å². The lowest BCUT2D eigenvalue weighted by atomic mass is 10.0. The number of nitrogens with zero attached hydrogens (tertiary/aromatic N) is 2. The van der Waals surface area contributed by atoms with Gasteiger partial charge in [0.25, 0.3) is 0 Å². The highest BCUT2D eigenvalue weighted by molar-refractivity contribution is 5.75. The highest BCUT2D eigenvalue weighted by Gasteiger charge is 2.25. The molecule has 0 spiro atoms. The Bertz CT molecular complexity index is 659. The van der Waals surface area contributed by atoms with Crippen LogP contribution < -0.4 is 4.74 Å².